The second-order valence-electron chi connectivity index (χ2n) is 16.7. The number of aliphatic hydroxyl groups is 2. The summed E-state index contributed by atoms with van der Waals surface area (Å²) in [5, 5.41) is 112. The van der Waals surface area contributed by atoms with Gasteiger partial charge in [0.25, 0.3) is 11.1 Å². The molecule has 32 heteroatoms. The molecule has 0 saturated carbocycles. The van der Waals surface area contributed by atoms with Crippen LogP contribution in [0.5, 0.6) is 11.8 Å². The highest BCUT2D eigenvalue weighted by molar-refractivity contribution is 5.96. The molecule has 7 aromatic rings. The van der Waals surface area contributed by atoms with Gasteiger partial charge in [-0.05, 0) is 85.6 Å². The maximum absolute atomic E-state index is 13.0. The lowest BCUT2D eigenvalue weighted by Gasteiger charge is -2.14. The fourth-order valence-electron chi connectivity index (χ4n) is 7.18. The van der Waals surface area contributed by atoms with Crippen LogP contribution in [0, 0.1) is 13.8 Å². The van der Waals surface area contributed by atoms with Crippen LogP contribution in [0.25, 0.3) is 0 Å². The van der Waals surface area contributed by atoms with Crippen molar-refractivity contribution in [3.8, 4) is 11.8 Å². The van der Waals surface area contributed by atoms with Crippen molar-refractivity contribution >= 4 is 93.7 Å². The molecule has 4 aromatic heterocycles. The van der Waals surface area contributed by atoms with E-state index in [0.717, 1.165) is 45.5 Å². The van der Waals surface area contributed by atoms with Crippen molar-refractivity contribution in [2.45, 2.75) is 26.9 Å². The monoisotopic (exact) mass is 1100 g/mol. The van der Waals surface area contributed by atoms with Gasteiger partial charge in [0.1, 0.15) is 11.4 Å². The lowest BCUT2D eigenvalue weighted by Crippen LogP contribution is -2.24. The second kappa shape index (κ2) is 25.7. The van der Waals surface area contributed by atoms with Crippen molar-refractivity contribution in [3.05, 3.63) is 127 Å². The molecular formula is C48H48N18O14. The summed E-state index contributed by atoms with van der Waals surface area (Å²) in [4.78, 5) is 98.5. The average molecular weight is 1100 g/mol. The van der Waals surface area contributed by atoms with Gasteiger partial charge in [0, 0.05) is 62.8 Å². The van der Waals surface area contributed by atoms with Crippen LogP contribution in [0.2, 0.25) is 0 Å². The number of aliphatic hydroxyl groups excluding tert-OH is 2. The van der Waals surface area contributed by atoms with E-state index in [9.17, 15) is 69.6 Å². The molecule has 32 nitrogen and oxygen atoms in total. The van der Waals surface area contributed by atoms with E-state index in [1.165, 1.54) is 26.0 Å². The van der Waals surface area contributed by atoms with Crippen LogP contribution in [0.15, 0.2) is 103 Å². The number of carboxylic acid groups (broad SMARTS) is 4. The number of aromatic hydroxyl groups is 2. The quantitative estimate of drug-likeness (QED) is 0.0331. The Morgan fingerprint density at radius 1 is 0.450 bits per heavy atom. The number of nitrogens with zero attached hydrogens (tertiary/aromatic N) is 12. The largest absolute Gasteiger partial charge is 0.493 e. The Kier molecular flexibility index (Phi) is 18.2. The molecule has 80 heavy (non-hydrogen) atoms. The maximum atomic E-state index is 13.0. The number of hydrogen-bond acceptors (Lipinski definition) is 26. The van der Waals surface area contributed by atoms with Crippen LogP contribution in [0.1, 0.15) is 52.6 Å². The van der Waals surface area contributed by atoms with Gasteiger partial charge in [0.2, 0.25) is 47.5 Å². The van der Waals surface area contributed by atoms with E-state index >= 15 is 0 Å². The zero-order chi connectivity index (χ0) is 57.6. The molecule has 14 N–H and O–H groups in total. The summed E-state index contributed by atoms with van der Waals surface area (Å²) >= 11 is 0. The Labute approximate surface area is 449 Å². The predicted molar refractivity (Wildman–Crippen MR) is 284 cm³/mol. The van der Waals surface area contributed by atoms with Gasteiger partial charge in [-0.2, -0.15) is 40.1 Å². The summed E-state index contributed by atoms with van der Waals surface area (Å²) in [6, 6.07) is 15.3. The lowest BCUT2D eigenvalue weighted by atomic mass is 10.1. The zero-order valence-electron chi connectivity index (χ0n) is 42.0. The molecule has 0 radical (unpaired) electrons. The number of carboxylic acids is 4. The molecule has 0 atom stereocenters. The third kappa shape index (κ3) is 14.7. The molecule has 4 heterocycles. The summed E-state index contributed by atoms with van der Waals surface area (Å²) in [5.74, 6) is -6.47. The van der Waals surface area contributed by atoms with E-state index in [1.54, 1.807) is 24.3 Å². The SMILES string of the molecule is Cc1cc(=O)n(CCNc2nc(NCCO)nc(Nc3ccc(Nc4nc(NCCO)nc(NCCn5c(O)c(N=Nc6cc(C(=O)O)cc(C(=O)O)c6)c(C)cc5=O)n4)cc3)n2)c(O)c1N=Nc1cc(C(=O)O)cc(C(=O)O)c1. The van der Waals surface area contributed by atoms with Crippen LogP contribution in [-0.2, 0) is 13.1 Å². The fraction of sp³-hybridized carbons (Fsp3) is 0.208. The van der Waals surface area contributed by atoms with Crippen molar-refractivity contribution in [1.82, 2.24) is 39.0 Å². The van der Waals surface area contributed by atoms with Gasteiger partial charge >= 0.3 is 23.9 Å². The first-order valence-corrected chi connectivity index (χ1v) is 23.6. The Morgan fingerprint density at radius 2 is 0.750 bits per heavy atom. The third-order valence-electron chi connectivity index (χ3n) is 10.9. The fourth-order valence-corrected chi connectivity index (χ4v) is 7.18. The highest BCUT2D eigenvalue weighted by Crippen LogP contribution is 2.33. The third-order valence-corrected chi connectivity index (χ3v) is 10.9. The number of anilines is 8. The number of aromatic nitrogens is 8. The summed E-state index contributed by atoms with van der Waals surface area (Å²) < 4.78 is 1.97. The molecule has 0 amide bonds. The van der Waals surface area contributed by atoms with Crippen LogP contribution < -0.4 is 43.0 Å². The first-order valence-electron chi connectivity index (χ1n) is 23.6. The van der Waals surface area contributed by atoms with Crippen molar-refractivity contribution in [2.75, 3.05) is 71.3 Å². The number of rotatable bonds is 26. The number of aromatic carboxylic acids is 4. The molecule has 0 unspecified atom stereocenters. The van der Waals surface area contributed by atoms with E-state index in [4.69, 9.17) is 0 Å². The smallest absolute Gasteiger partial charge is 0.335 e. The van der Waals surface area contributed by atoms with E-state index in [-0.39, 0.29) is 144 Å². The maximum Gasteiger partial charge on any atom is 0.335 e. The molecule has 0 aliphatic rings. The first-order chi connectivity index (χ1) is 38.3. The second-order valence-corrected chi connectivity index (χ2v) is 16.7. The first kappa shape index (κ1) is 56.7. The predicted octanol–water partition coefficient (Wildman–Crippen LogP) is 4.55. The van der Waals surface area contributed by atoms with Crippen LogP contribution in [0.4, 0.5) is 69.8 Å². The minimum Gasteiger partial charge on any atom is -0.493 e. The minimum atomic E-state index is -1.39. The summed E-state index contributed by atoms with van der Waals surface area (Å²) in [6.07, 6.45) is 0. The van der Waals surface area contributed by atoms with Crippen LogP contribution >= 0.6 is 0 Å². The van der Waals surface area contributed by atoms with Crippen LogP contribution in [0.3, 0.4) is 0 Å². The van der Waals surface area contributed by atoms with Crippen LogP contribution in [-0.4, -0.2) is 143 Å². The number of aryl methyl sites for hydroxylation is 2. The van der Waals surface area contributed by atoms with Gasteiger partial charge in [-0.25, -0.2) is 19.2 Å². The molecule has 0 spiro atoms. The number of benzene rings is 3. The molecule has 7 rings (SSSR count). The molecule has 0 aliphatic heterocycles. The topological polar surface area (TPSA) is 473 Å². The van der Waals surface area contributed by atoms with Crippen molar-refractivity contribution in [1.29, 1.82) is 0 Å². The Balaban J connectivity index is 1.02. The Morgan fingerprint density at radius 3 is 1.05 bits per heavy atom. The highest BCUT2D eigenvalue weighted by atomic mass is 16.4. The molecule has 414 valence electrons. The van der Waals surface area contributed by atoms with Crippen molar-refractivity contribution < 1.29 is 60.0 Å². The molecule has 0 bridgehead atoms. The average Bonchev–Trinajstić information content (AvgIpc) is 3.45. The lowest BCUT2D eigenvalue weighted by molar-refractivity contribution is 0.0676. The molecule has 0 saturated heterocycles. The van der Waals surface area contributed by atoms with E-state index in [0.29, 0.717) is 11.4 Å². The van der Waals surface area contributed by atoms with Gasteiger partial charge < -0.3 is 72.8 Å². The van der Waals surface area contributed by atoms with Gasteiger partial charge in [0.15, 0.2) is 0 Å². The standard InChI is InChI=1S/C48H48N18O14/c1-23-15-33(69)65(37(71)35(23)63-61-31-19-25(39(73)74)17-26(20-31)40(75)76)11-7-49-43-55-45(51-9-13-67)59-47(57-43)53-29-3-5-30(6-4-29)54-48-58-44(56-46(60-48)52-10-14-68)50-8-12-66-34(70)16-24(2)36(38(66)72)64-62-32-21-27(41(77)78)18-28(22-32)42(79)80/h3-6,15-22,67-68,71-72H,7-14H2,1-2H3,(H,73,74)(H,75,76)(H,77,78)(H,79,80)(H3,49,51,53,55,57,59)(H3,50,52,54,56,58,60). The van der Waals surface area contributed by atoms with Gasteiger partial charge in [-0.1, -0.05) is 0 Å². The van der Waals surface area contributed by atoms with E-state index < -0.39 is 46.8 Å². The Bertz CT molecular complexity index is 3380. The van der Waals surface area contributed by atoms with Gasteiger partial charge in [-0.15, -0.1) is 10.2 Å². The summed E-state index contributed by atoms with van der Waals surface area (Å²) in [6.45, 7) is 2.26. The Hall–Kier alpha value is -11.0. The minimum absolute atomic E-state index is 0.0222. The zero-order valence-corrected chi connectivity index (χ0v) is 42.0. The van der Waals surface area contributed by atoms with E-state index in [1.807, 2.05) is 0 Å². The number of hydrogen-bond donors (Lipinski definition) is 14. The van der Waals surface area contributed by atoms with Crippen molar-refractivity contribution in [2.24, 2.45) is 20.5 Å². The van der Waals surface area contributed by atoms with Crippen molar-refractivity contribution in [3.63, 3.8) is 0 Å². The molecule has 0 aliphatic carbocycles. The van der Waals surface area contributed by atoms with Gasteiger partial charge in [-0.3, -0.25) is 18.7 Å². The molecule has 3 aromatic carbocycles. The van der Waals surface area contributed by atoms with E-state index in [2.05, 4.69) is 82.3 Å². The molecular weight excluding hydrogens is 1050 g/mol. The van der Waals surface area contributed by atoms with Gasteiger partial charge in [0.05, 0.1) is 46.8 Å². The normalized spacial score (nSPS) is 11.2. The molecule has 0 fully saturated rings. The summed E-state index contributed by atoms with van der Waals surface area (Å²) in [7, 11) is 0. The number of pyridine rings is 2. The highest BCUT2D eigenvalue weighted by Gasteiger charge is 2.18. The number of carbonyl (C=O) groups is 4. The summed E-state index contributed by atoms with van der Waals surface area (Å²) in [5.41, 5.74) is -1.71. The number of nitrogens with one attached hydrogen (secondary N) is 6. The number of azo groups is 2.